The topological polar surface area (TPSA) is 46.6 Å². The van der Waals surface area contributed by atoms with Gasteiger partial charge in [0.15, 0.2) is 17.0 Å². The fourth-order valence-corrected chi connectivity index (χ4v) is 1.59. The first-order valence-electron chi connectivity index (χ1n) is 4.81. The molecule has 0 N–H and O–H groups in total. The number of hydrogen-bond donors (Lipinski definition) is 0. The van der Waals surface area contributed by atoms with Gasteiger partial charge in [0, 0.05) is 19.6 Å². The Hall–Kier alpha value is -1.65. The van der Waals surface area contributed by atoms with E-state index in [-0.39, 0.29) is 0 Å². The zero-order chi connectivity index (χ0) is 9.54. The fraction of sp³-hybridized carbons (Fsp3) is 0.444. The maximum Gasteiger partial charge on any atom is 0.165 e. The second-order valence-corrected chi connectivity index (χ2v) is 3.39. The van der Waals surface area contributed by atoms with E-state index in [9.17, 15) is 0 Å². The van der Waals surface area contributed by atoms with E-state index in [0.29, 0.717) is 0 Å². The third-order valence-electron chi connectivity index (χ3n) is 2.47. The summed E-state index contributed by atoms with van der Waals surface area (Å²) in [6.45, 7) is 5.16. The summed E-state index contributed by atoms with van der Waals surface area (Å²) in [6.07, 6.45) is 3.44. The molecule has 5 nitrogen and oxygen atoms in total. The second-order valence-electron chi connectivity index (χ2n) is 3.39. The maximum atomic E-state index is 4.35. The van der Waals surface area contributed by atoms with Gasteiger partial charge in [-0.25, -0.2) is 15.0 Å². The van der Waals surface area contributed by atoms with E-state index in [1.165, 1.54) is 0 Å². The van der Waals surface area contributed by atoms with Gasteiger partial charge in [0.2, 0.25) is 0 Å². The van der Waals surface area contributed by atoms with Gasteiger partial charge in [-0.3, -0.25) is 0 Å². The largest absolute Gasteiger partial charge is 0.351 e. The highest BCUT2D eigenvalue weighted by Gasteiger charge is 2.23. The third-order valence-corrected chi connectivity index (χ3v) is 2.47. The van der Waals surface area contributed by atoms with E-state index >= 15 is 0 Å². The lowest BCUT2D eigenvalue weighted by atomic mass is 10.5. The smallest absolute Gasteiger partial charge is 0.165 e. The molecular formula is C9H11N5. The molecule has 0 amide bonds. The molecule has 14 heavy (non-hydrogen) atoms. The fourth-order valence-electron chi connectivity index (χ4n) is 1.59. The molecule has 5 heteroatoms. The quantitative estimate of drug-likeness (QED) is 0.651. The Morgan fingerprint density at radius 3 is 2.86 bits per heavy atom. The van der Waals surface area contributed by atoms with E-state index in [1.807, 2.05) is 10.9 Å². The maximum absolute atomic E-state index is 4.35. The first-order valence-corrected chi connectivity index (χ1v) is 4.81. The number of fused-ring (bicyclic) bond motifs is 1. The summed E-state index contributed by atoms with van der Waals surface area (Å²) in [4.78, 5) is 15.0. The minimum Gasteiger partial charge on any atom is -0.351 e. The van der Waals surface area contributed by atoms with Crippen LogP contribution in [-0.4, -0.2) is 32.6 Å². The Labute approximate surface area is 81.4 Å². The first-order chi connectivity index (χ1) is 6.90. The number of hydrogen-bond acceptors (Lipinski definition) is 4. The van der Waals surface area contributed by atoms with Crippen molar-refractivity contribution in [3.63, 3.8) is 0 Å². The molecule has 0 spiro atoms. The van der Waals surface area contributed by atoms with E-state index in [0.717, 1.165) is 36.6 Å². The third kappa shape index (κ3) is 0.982. The average Bonchev–Trinajstić information content (AvgIpc) is 2.97. The molecule has 0 radical (unpaired) electrons. The van der Waals surface area contributed by atoms with Crippen molar-refractivity contribution in [1.82, 2.24) is 19.5 Å². The molecule has 0 saturated carbocycles. The molecule has 2 aromatic heterocycles. The molecule has 0 atom stereocenters. The van der Waals surface area contributed by atoms with Crippen molar-refractivity contribution in [1.29, 1.82) is 0 Å². The minimum atomic E-state index is 0.896. The summed E-state index contributed by atoms with van der Waals surface area (Å²) in [7, 11) is 0. The molecule has 1 aliphatic rings. The number of imidazole rings is 1. The van der Waals surface area contributed by atoms with Crippen LogP contribution in [0.4, 0.5) is 5.82 Å². The van der Waals surface area contributed by atoms with Crippen LogP contribution in [0, 0.1) is 0 Å². The van der Waals surface area contributed by atoms with Crippen LogP contribution < -0.4 is 4.90 Å². The summed E-state index contributed by atoms with van der Waals surface area (Å²) in [5.74, 6) is 0.974. The number of nitrogens with zero attached hydrogens (tertiary/aromatic N) is 5. The van der Waals surface area contributed by atoms with E-state index in [4.69, 9.17) is 0 Å². The van der Waals surface area contributed by atoms with Gasteiger partial charge in [0.05, 0.1) is 6.33 Å². The Balaban J connectivity index is 2.26. The van der Waals surface area contributed by atoms with Gasteiger partial charge < -0.3 is 9.47 Å². The average molecular weight is 189 g/mol. The number of aromatic nitrogens is 4. The van der Waals surface area contributed by atoms with Crippen molar-refractivity contribution in [2.75, 3.05) is 18.0 Å². The molecule has 3 rings (SSSR count). The van der Waals surface area contributed by atoms with Crippen molar-refractivity contribution in [3.8, 4) is 0 Å². The van der Waals surface area contributed by atoms with E-state index in [2.05, 4.69) is 26.8 Å². The lowest BCUT2D eigenvalue weighted by molar-refractivity contribution is 0.777. The number of aryl methyl sites for hydroxylation is 1. The van der Waals surface area contributed by atoms with Gasteiger partial charge >= 0.3 is 0 Å². The Morgan fingerprint density at radius 2 is 2.14 bits per heavy atom. The monoisotopic (exact) mass is 189 g/mol. The summed E-state index contributed by atoms with van der Waals surface area (Å²) >= 11 is 0. The molecular weight excluding hydrogens is 178 g/mol. The lowest BCUT2D eigenvalue weighted by Crippen LogP contribution is -1.98. The lowest BCUT2D eigenvalue weighted by Gasteiger charge is -2.01. The van der Waals surface area contributed by atoms with Gasteiger partial charge in [0.25, 0.3) is 0 Å². The van der Waals surface area contributed by atoms with Gasteiger partial charge in [-0.15, -0.1) is 0 Å². The van der Waals surface area contributed by atoms with Gasteiger partial charge in [-0.1, -0.05) is 0 Å². The zero-order valence-electron chi connectivity index (χ0n) is 8.01. The number of anilines is 1. The first kappa shape index (κ1) is 7.73. The minimum absolute atomic E-state index is 0.896. The van der Waals surface area contributed by atoms with Crippen LogP contribution in [0.2, 0.25) is 0 Å². The molecule has 1 fully saturated rings. The number of rotatable bonds is 2. The summed E-state index contributed by atoms with van der Waals surface area (Å²) in [5, 5.41) is 0. The highest BCUT2D eigenvalue weighted by atomic mass is 15.3. The normalized spacial score (nSPS) is 15.1. The standard InChI is InChI=1S/C9H11N5/c1-2-13-6-12-7-8(13)10-5-11-9(7)14-3-4-14/h5-6H,2-4H2,1H3. The van der Waals surface area contributed by atoms with Crippen LogP contribution in [-0.2, 0) is 6.54 Å². The van der Waals surface area contributed by atoms with Crippen molar-refractivity contribution in [2.24, 2.45) is 0 Å². The predicted octanol–water partition coefficient (Wildman–Crippen LogP) is 0.666. The van der Waals surface area contributed by atoms with E-state index in [1.54, 1.807) is 6.33 Å². The van der Waals surface area contributed by atoms with Crippen LogP contribution in [0.3, 0.4) is 0 Å². The van der Waals surface area contributed by atoms with Crippen LogP contribution in [0.5, 0.6) is 0 Å². The summed E-state index contributed by atoms with van der Waals surface area (Å²) in [5.41, 5.74) is 1.86. The Kier molecular flexibility index (Phi) is 1.47. The molecule has 3 heterocycles. The Bertz CT molecular complexity index is 471. The molecule has 72 valence electrons. The highest BCUT2D eigenvalue weighted by Crippen LogP contribution is 2.25. The molecule has 2 aromatic rings. The van der Waals surface area contributed by atoms with Crippen LogP contribution >= 0.6 is 0 Å². The molecule has 1 aliphatic heterocycles. The van der Waals surface area contributed by atoms with Gasteiger partial charge in [0.1, 0.15) is 6.33 Å². The zero-order valence-corrected chi connectivity index (χ0v) is 8.01. The van der Waals surface area contributed by atoms with Crippen molar-refractivity contribution < 1.29 is 0 Å². The molecule has 0 bridgehead atoms. The van der Waals surface area contributed by atoms with Crippen LogP contribution in [0.15, 0.2) is 12.7 Å². The van der Waals surface area contributed by atoms with Crippen molar-refractivity contribution >= 4 is 17.0 Å². The van der Waals surface area contributed by atoms with Gasteiger partial charge in [-0.2, -0.15) is 0 Å². The van der Waals surface area contributed by atoms with Gasteiger partial charge in [-0.05, 0) is 6.92 Å². The summed E-state index contributed by atoms with van der Waals surface area (Å²) in [6, 6.07) is 0. The van der Waals surface area contributed by atoms with Crippen molar-refractivity contribution in [2.45, 2.75) is 13.5 Å². The van der Waals surface area contributed by atoms with Crippen molar-refractivity contribution in [3.05, 3.63) is 12.7 Å². The Morgan fingerprint density at radius 1 is 1.29 bits per heavy atom. The van der Waals surface area contributed by atoms with E-state index < -0.39 is 0 Å². The second kappa shape index (κ2) is 2.67. The molecule has 1 saturated heterocycles. The highest BCUT2D eigenvalue weighted by molar-refractivity contribution is 5.84. The predicted molar refractivity (Wildman–Crippen MR) is 53.2 cm³/mol. The SMILES string of the molecule is CCn1cnc2c(N3CC3)ncnc21. The molecule has 0 aromatic carbocycles. The summed E-state index contributed by atoms with van der Waals surface area (Å²) < 4.78 is 2.03. The molecule has 0 unspecified atom stereocenters. The van der Waals surface area contributed by atoms with Crippen LogP contribution in [0.1, 0.15) is 6.92 Å². The van der Waals surface area contributed by atoms with Crippen LogP contribution in [0.25, 0.3) is 11.2 Å². The molecule has 0 aliphatic carbocycles.